The molecular formula is C10H15NO9. The molecule has 0 aromatic heterocycles. The van der Waals surface area contributed by atoms with E-state index in [-0.39, 0.29) is 12.8 Å². The number of carbonyl (C=O) groups excluding carboxylic acids is 2. The lowest BCUT2D eigenvalue weighted by atomic mass is 9.92. The number of aliphatic hydroxyl groups is 4. The zero-order valence-electron chi connectivity index (χ0n) is 10.3. The fourth-order valence-corrected chi connectivity index (χ4v) is 2.03. The highest BCUT2D eigenvalue weighted by molar-refractivity contribution is 5.79. The Balaban J connectivity index is 2.43. The molecular weight excluding hydrogens is 278 g/mol. The van der Waals surface area contributed by atoms with Gasteiger partial charge in [0.1, 0.15) is 18.3 Å². The van der Waals surface area contributed by atoms with Crippen molar-refractivity contribution in [2.45, 2.75) is 42.9 Å². The molecule has 2 aliphatic heterocycles. The van der Waals surface area contributed by atoms with Crippen LogP contribution >= 0.6 is 0 Å². The molecule has 114 valence electrons. The van der Waals surface area contributed by atoms with Crippen molar-refractivity contribution in [2.24, 2.45) is 5.73 Å². The third-order valence-electron chi connectivity index (χ3n) is 3.20. The molecule has 2 saturated heterocycles. The SMILES string of the molecule is N[C@@]12OC(=O)CCC(=O)O[C@]1(O)O[C@H](CO)[C@@H](O)[C@@H]2O. The molecule has 2 fully saturated rings. The molecule has 0 amide bonds. The average Bonchev–Trinajstić information content (AvgIpc) is 2.38. The van der Waals surface area contributed by atoms with E-state index in [4.69, 9.17) is 20.3 Å². The summed E-state index contributed by atoms with van der Waals surface area (Å²) in [6, 6.07) is 0. The van der Waals surface area contributed by atoms with Crippen LogP contribution in [0, 0.1) is 0 Å². The van der Waals surface area contributed by atoms with Gasteiger partial charge in [0.05, 0.1) is 19.4 Å². The van der Waals surface area contributed by atoms with E-state index in [1.54, 1.807) is 0 Å². The van der Waals surface area contributed by atoms with E-state index in [1.807, 2.05) is 0 Å². The lowest BCUT2D eigenvalue weighted by Gasteiger charge is -2.51. The smallest absolute Gasteiger partial charge is 0.387 e. The van der Waals surface area contributed by atoms with Crippen LogP contribution in [0.4, 0.5) is 0 Å². The summed E-state index contributed by atoms with van der Waals surface area (Å²) in [5.41, 5.74) is 2.87. The Morgan fingerprint density at radius 1 is 1.20 bits per heavy atom. The molecule has 0 unspecified atom stereocenters. The molecule has 20 heavy (non-hydrogen) atoms. The van der Waals surface area contributed by atoms with Crippen LogP contribution in [0.1, 0.15) is 12.8 Å². The maximum atomic E-state index is 11.5. The van der Waals surface area contributed by atoms with Gasteiger partial charge >= 0.3 is 17.9 Å². The van der Waals surface area contributed by atoms with Crippen LogP contribution in [0.5, 0.6) is 0 Å². The van der Waals surface area contributed by atoms with Crippen molar-refractivity contribution in [1.82, 2.24) is 0 Å². The fourth-order valence-electron chi connectivity index (χ4n) is 2.03. The summed E-state index contributed by atoms with van der Waals surface area (Å²) in [6.07, 6.45) is -6.06. The molecule has 0 aromatic carbocycles. The molecule has 6 N–H and O–H groups in total. The third-order valence-corrected chi connectivity index (χ3v) is 3.20. The van der Waals surface area contributed by atoms with Crippen molar-refractivity contribution in [3.63, 3.8) is 0 Å². The van der Waals surface area contributed by atoms with Crippen LogP contribution in [-0.2, 0) is 23.8 Å². The van der Waals surface area contributed by atoms with Crippen LogP contribution in [0.3, 0.4) is 0 Å². The lowest BCUT2D eigenvalue weighted by molar-refractivity contribution is -0.466. The van der Waals surface area contributed by atoms with Gasteiger partial charge in [0.25, 0.3) is 5.72 Å². The summed E-state index contributed by atoms with van der Waals surface area (Å²) >= 11 is 0. The second-order valence-electron chi connectivity index (χ2n) is 4.60. The number of hydrogen-bond acceptors (Lipinski definition) is 10. The molecule has 0 spiro atoms. The van der Waals surface area contributed by atoms with Crippen molar-refractivity contribution < 1.29 is 44.2 Å². The molecule has 2 aliphatic rings. The van der Waals surface area contributed by atoms with Crippen LogP contribution in [0.2, 0.25) is 0 Å². The number of hydrogen-bond donors (Lipinski definition) is 5. The number of esters is 2. The topological polar surface area (TPSA) is 169 Å². The quantitative estimate of drug-likeness (QED) is 0.303. The van der Waals surface area contributed by atoms with Crippen LogP contribution in [0.15, 0.2) is 0 Å². The van der Waals surface area contributed by atoms with Gasteiger partial charge in [-0.15, -0.1) is 0 Å². The van der Waals surface area contributed by atoms with Gasteiger partial charge < -0.3 is 34.6 Å². The molecule has 10 nitrogen and oxygen atoms in total. The molecule has 2 rings (SSSR count). The minimum Gasteiger partial charge on any atom is -0.431 e. The highest BCUT2D eigenvalue weighted by Gasteiger charge is 2.68. The summed E-state index contributed by atoms with van der Waals surface area (Å²) in [5.74, 6) is -5.02. The van der Waals surface area contributed by atoms with Crippen LogP contribution in [-0.4, -0.2) is 69.0 Å². The van der Waals surface area contributed by atoms with Crippen molar-refractivity contribution in [3.8, 4) is 0 Å². The molecule has 0 saturated carbocycles. The van der Waals surface area contributed by atoms with Crippen molar-refractivity contribution in [3.05, 3.63) is 0 Å². The van der Waals surface area contributed by atoms with E-state index in [9.17, 15) is 24.9 Å². The van der Waals surface area contributed by atoms with Gasteiger partial charge in [-0.1, -0.05) is 0 Å². The number of fused-ring (bicyclic) bond motifs is 1. The minimum absolute atomic E-state index is 0.375. The van der Waals surface area contributed by atoms with Crippen molar-refractivity contribution in [2.75, 3.05) is 6.61 Å². The third kappa shape index (κ3) is 2.16. The largest absolute Gasteiger partial charge is 0.431 e. The second-order valence-corrected chi connectivity index (χ2v) is 4.60. The van der Waals surface area contributed by atoms with E-state index in [1.165, 1.54) is 0 Å². The predicted octanol–water partition coefficient (Wildman–Crippen LogP) is -3.72. The Morgan fingerprint density at radius 3 is 2.30 bits per heavy atom. The summed E-state index contributed by atoms with van der Waals surface area (Å²) in [6.45, 7) is -0.803. The van der Waals surface area contributed by atoms with E-state index in [2.05, 4.69) is 4.74 Å². The summed E-state index contributed by atoms with van der Waals surface area (Å²) in [4.78, 5) is 22.9. The number of carbonyl (C=O) groups is 2. The summed E-state index contributed by atoms with van der Waals surface area (Å²) < 4.78 is 14.1. The maximum Gasteiger partial charge on any atom is 0.387 e. The zero-order valence-corrected chi connectivity index (χ0v) is 10.3. The van der Waals surface area contributed by atoms with E-state index < -0.39 is 48.6 Å². The molecule has 2 heterocycles. The fraction of sp³-hybridized carbons (Fsp3) is 0.800. The van der Waals surface area contributed by atoms with Crippen molar-refractivity contribution >= 4 is 11.9 Å². The molecule has 0 aliphatic carbocycles. The van der Waals surface area contributed by atoms with Crippen LogP contribution < -0.4 is 5.73 Å². The first-order chi connectivity index (χ1) is 9.23. The molecule has 0 bridgehead atoms. The minimum atomic E-state index is -3.02. The standard InChI is InChI=1S/C10H15NO9/c11-9-8(16)7(15)4(3-12)18-10(9,17)20-6(14)2-1-5(13)19-9/h4,7-8,12,15-17H,1-3,11H2/t4-,7-,8+,9+,10-/m1/s1. The van der Waals surface area contributed by atoms with Gasteiger partial charge in [-0.3, -0.25) is 15.3 Å². The molecule has 5 atom stereocenters. The normalized spacial score (nSPS) is 45.8. The highest BCUT2D eigenvalue weighted by atomic mass is 16.9. The number of nitrogens with two attached hydrogens (primary N) is 1. The van der Waals surface area contributed by atoms with Gasteiger partial charge in [-0.05, 0) is 0 Å². The molecule has 10 heteroatoms. The van der Waals surface area contributed by atoms with Gasteiger partial charge in [0, 0.05) is 0 Å². The Morgan fingerprint density at radius 2 is 1.75 bits per heavy atom. The zero-order chi connectivity index (χ0) is 15.1. The summed E-state index contributed by atoms with van der Waals surface area (Å²) in [5, 5.41) is 38.8. The summed E-state index contributed by atoms with van der Waals surface area (Å²) in [7, 11) is 0. The Bertz CT molecular complexity index is 429. The number of rotatable bonds is 1. The first-order valence-electron chi connectivity index (χ1n) is 5.83. The maximum absolute atomic E-state index is 11.5. The Labute approximate surface area is 112 Å². The lowest BCUT2D eigenvalue weighted by Crippen LogP contribution is -2.79. The monoisotopic (exact) mass is 293 g/mol. The van der Waals surface area contributed by atoms with Gasteiger partial charge in [-0.25, -0.2) is 0 Å². The number of aliphatic hydroxyl groups excluding tert-OH is 3. The highest BCUT2D eigenvalue weighted by Crippen LogP contribution is 2.38. The van der Waals surface area contributed by atoms with E-state index >= 15 is 0 Å². The Kier molecular flexibility index (Phi) is 3.71. The molecule has 0 radical (unpaired) electrons. The molecule has 0 aromatic rings. The van der Waals surface area contributed by atoms with E-state index in [0.717, 1.165) is 0 Å². The van der Waals surface area contributed by atoms with Gasteiger partial charge in [-0.2, -0.15) is 0 Å². The van der Waals surface area contributed by atoms with Gasteiger partial charge in [0.15, 0.2) is 0 Å². The van der Waals surface area contributed by atoms with Gasteiger partial charge in [0.2, 0.25) is 0 Å². The average molecular weight is 293 g/mol. The van der Waals surface area contributed by atoms with Crippen LogP contribution in [0.25, 0.3) is 0 Å². The van der Waals surface area contributed by atoms with E-state index in [0.29, 0.717) is 0 Å². The first-order valence-corrected chi connectivity index (χ1v) is 5.83. The second kappa shape index (κ2) is 4.91. The Hall–Kier alpha value is -1.30. The van der Waals surface area contributed by atoms with Crippen molar-refractivity contribution in [1.29, 1.82) is 0 Å². The number of ether oxygens (including phenoxy) is 3. The predicted molar refractivity (Wildman–Crippen MR) is 57.3 cm³/mol. The first kappa shape index (κ1) is 15.1.